The molecule has 2 aromatic carbocycles. The van der Waals surface area contributed by atoms with Gasteiger partial charge in [0.15, 0.2) is 6.61 Å². The predicted octanol–water partition coefficient (Wildman–Crippen LogP) is 3.21. The van der Waals surface area contributed by atoms with Crippen molar-refractivity contribution in [3.8, 4) is 5.75 Å². The van der Waals surface area contributed by atoms with Gasteiger partial charge in [-0.05, 0) is 42.5 Å². The van der Waals surface area contributed by atoms with Gasteiger partial charge in [-0.25, -0.2) is 0 Å². The highest BCUT2D eigenvalue weighted by molar-refractivity contribution is 5.78. The van der Waals surface area contributed by atoms with Gasteiger partial charge < -0.3 is 14.4 Å². The van der Waals surface area contributed by atoms with Gasteiger partial charge in [-0.2, -0.15) is 0 Å². The second kappa shape index (κ2) is 9.21. The zero-order valence-corrected chi connectivity index (χ0v) is 15.6. The highest BCUT2D eigenvalue weighted by Crippen LogP contribution is 2.19. The fourth-order valence-electron chi connectivity index (χ4n) is 3.31. The molecule has 0 spiro atoms. The number of carbonyl (C=O) groups excluding carboxylic acids is 2. The third-order valence-corrected chi connectivity index (χ3v) is 4.71. The third-order valence-electron chi connectivity index (χ3n) is 4.71. The summed E-state index contributed by atoms with van der Waals surface area (Å²) in [6.07, 6.45) is 2.64. The molecule has 1 heterocycles. The molecular formula is C22H25NO4. The van der Waals surface area contributed by atoms with Crippen LogP contribution in [0.15, 0.2) is 54.6 Å². The van der Waals surface area contributed by atoms with E-state index in [9.17, 15) is 9.59 Å². The number of carbonyl (C=O) groups is 2. The van der Waals surface area contributed by atoms with Crippen molar-refractivity contribution in [1.29, 1.82) is 0 Å². The molecule has 142 valence electrons. The number of hydrogen-bond donors (Lipinski definition) is 0. The summed E-state index contributed by atoms with van der Waals surface area (Å²) in [4.78, 5) is 25.2. The largest absolute Gasteiger partial charge is 0.484 e. The molecule has 5 nitrogen and oxygen atoms in total. The van der Waals surface area contributed by atoms with E-state index in [1.54, 1.807) is 4.90 Å². The lowest BCUT2D eigenvalue weighted by atomic mass is 10.1. The minimum atomic E-state index is -0.318. The van der Waals surface area contributed by atoms with Crippen LogP contribution in [-0.2, 0) is 20.7 Å². The van der Waals surface area contributed by atoms with E-state index < -0.39 is 0 Å². The standard InChI is InChI=1S/C22H25NO4/c1-17(24)26-15-20-8-5-13-23(20)22(25)16-27-21-11-9-19(10-12-21)14-18-6-3-2-4-7-18/h2-4,6-7,9-12,20H,5,8,13-16H2,1H3. The van der Waals surface area contributed by atoms with Crippen LogP contribution in [0.25, 0.3) is 0 Å². The summed E-state index contributed by atoms with van der Waals surface area (Å²) in [6.45, 7) is 2.32. The molecule has 0 bridgehead atoms. The molecule has 1 aliphatic heterocycles. The van der Waals surface area contributed by atoms with Gasteiger partial charge in [-0.1, -0.05) is 42.5 Å². The van der Waals surface area contributed by atoms with Gasteiger partial charge in [-0.15, -0.1) is 0 Å². The van der Waals surface area contributed by atoms with Crippen LogP contribution in [-0.4, -0.2) is 42.6 Å². The lowest BCUT2D eigenvalue weighted by Gasteiger charge is -2.24. The van der Waals surface area contributed by atoms with Gasteiger partial charge in [0.2, 0.25) is 0 Å². The molecule has 3 rings (SSSR count). The fraction of sp³-hybridized carbons (Fsp3) is 0.364. The summed E-state index contributed by atoms with van der Waals surface area (Å²) in [7, 11) is 0. The van der Waals surface area contributed by atoms with Crippen LogP contribution in [0.2, 0.25) is 0 Å². The molecule has 0 aliphatic carbocycles. The highest BCUT2D eigenvalue weighted by atomic mass is 16.5. The second-order valence-corrected chi connectivity index (χ2v) is 6.78. The first-order valence-electron chi connectivity index (χ1n) is 9.30. The number of ether oxygens (including phenoxy) is 2. The van der Waals surface area contributed by atoms with Crippen LogP contribution in [0.3, 0.4) is 0 Å². The van der Waals surface area contributed by atoms with Crippen molar-refractivity contribution in [3.63, 3.8) is 0 Å². The maximum atomic E-state index is 12.4. The van der Waals surface area contributed by atoms with E-state index in [1.165, 1.54) is 18.1 Å². The van der Waals surface area contributed by atoms with E-state index in [0.717, 1.165) is 19.3 Å². The van der Waals surface area contributed by atoms with Crippen molar-refractivity contribution < 1.29 is 19.1 Å². The van der Waals surface area contributed by atoms with Crippen molar-refractivity contribution in [2.75, 3.05) is 19.8 Å². The highest BCUT2D eigenvalue weighted by Gasteiger charge is 2.29. The molecule has 1 amide bonds. The Morgan fingerprint density at radius 3 is 2.44 bits per heavy atom. The molecule has 1 saturated heterocycles. The molecule has 1 unspecified atom stereocenters. The Labute approximate surface area is 159 Å². The number of amides is 1. The van der Waals surface area contributed by atoms with Crippen LogP contribution in [0.5, 0.6) is 5.75 Å². The van der Waals surface area contributed by atoms with Crippen LogP contribution in [0, 0.1) is 0 Å². The smallest absolute Gasteiger partial charge is 0.302 e. The Kier molecular flexibility index (Phi) is 6.47. The van der Waals surface area contributed by atoms with Gasteiger partial charge >= 0.3 is 5.97 Å². The van der Waals surface area contributed by atoms with Gasteiger partial charge in [0.05, 0.1) is 6.04 Å². The molecule has 0 radical (unpaired) electrons. The van der Waals surface area contributed by atoms with Crippen LogP contribution in [0.1, 0.15) is 30.9 Å². The van der Waals surface area contributed by atoms with Crippen LogP contribution in [0.4, 0.5) is 0 Å². The molecule has 27 heavy (non-hydrogen) atoms. The molecule has 0 N–H and O–H groups in total. The average Bonchev–Trinajstić information content (AvgIpc) is 3.15. The summed E-state index contributed by atoms with van der Waals surface area (Å²) in [5.41, 5.74) is 2.45. The van der Waals surface area contributed by atoms with E-state index in [-0.39, 0.29) is 31.1 Å². The van der Waals surface area contributed by atoms with E-state index in [2.05, 4.69) is 12.1 Å². The molecular weight excluding hydrogens is 342 g/mol. The Bertz CT molecular complexity index is 758. The summed E-state index contributed by atoms with van der Waals surface area (Å²) >= 11 is 0. The minimum Gasteiger partial charge on any atom is -0.484 e. The molecule has 1 atom stereocenters. The first kappa shape index (κ1) is 19.0. The van der Waals surface area contributed by atoms with Crippen molar-refractivity contribution in [2.45, 2.75) is 32.2 Å². The minimum absolute atomic E-state index is 0.00535. The Balaban J connectivity index is 1.49. The zero-order valence-electron chi connectivity index (χ0n) is 15.6. The summed E-state index contributed by atoms with van der Waals surface area (Å²) in [5, 5.41) is 0. The predicted molar refractivity (Wildman–Crippen MR) is 103 cm³/mol. The van der Waals surface area contributed by atoms with Gasteiger partial charge in [0, 0.05) is 13.5 Å². The lowest BCUT2D eigenvalue weighted by Crippen LogP contribution is -2.41. The summed E-state index contributed by atoms with van der Waals surface area (Å²) in [5.74, 6) is 0.287. The fourth-order valence-corrected chi connectivity index (χ4v) is 3.31. The first-order valence-corrected chi connectivity index (χ1v) is 9.30. The van der Waals surface area contributed by atoms with Crippen molar-refractivity contribution in [2.24, 2.45) is 0 Å². The van der Waals surface area contributed by atoms with E-state index >= 15 is 0 Å². The Morgan fingerprint density at radius 2 is 1.74 bits per heavy atom. The molecule has 5 heteroatoms. The third kappa shape index (κ3) is 5.58. The summed E-state index contributed by atoms with van der Waals surface area (Å²) < 4.78 is 10.7. The molecule has 0 aromatic heterocycles. The zero-order chi connectivity index (χ0) is 19.1. The topological polar surface area (TPSA) is 55.8 Å². The van der Waals surface area contributed by atoms with Crippen molar-refractivity contribution in [3.05, 3.63) is 65.7 Å². The van der Waals surface area contributed by atoms with Crippen LogP contribution >= 0.6 is 0 Å². The maximum absolute atomic E-state index is 12.4. The number of hydrogen-bond acceptors (Lipinski definition) is 4. The quantitative estimate of drug-likeness (QED) is 0.705. The Hall–Kier alpha value is -2.82. The molecule has 1 aliphatic rings. The van der Waals surface area contributed by atoms with Crippen molar-refractivity contribution in [1.82, 2.24) is 4.90 Å². The number of benzene rings is 2. The van der Waals surface area contributed by atoms with Gasteiger partial charge in [0.25, 0.3) is 5.91 Å². The number of likely N-dealkylation sites (tertiary alicyclic amines) is 1. The van der Waals surface area contributed by atoms with E-state index in [0.29, 0.717) is 12.3 Å². The lowest BCUT2D eigenvalue weighted by molar-refractivity contribution is -0.145. The SMILES string of the molecule is CC(=O)OCC1CCCN1C(=O)COc1ccc(Cc2ccccc2)cc1. The van der Waals surface area contributed by atoms with E-state index in [1.807, 2.05) is 42.5 Å². The Morgan fingerprint density at radius 1 is 1.04 bits per heavy atom. The monoisotopic (exact) mass is 367 g/mol. The maximum Gasteiger partial charge on any atom is 0.302 e. The molecule has 1 fully saturated rings. The first-order chi connectivity index (χ1) is 13.1. The number of rotatable bonds is 7. The number of esters is 1. The molecule has 0 saturated carbocycles. The van der Waals surface area contributed by atoms with Gasteiger partial charge in [-0.3, -0.25) is 9.59 Å². The average molecular weight is 367 g/mol. The normalized spacial score (nSPS) is 16.2. The van der Waals surface area contributed by atoms with Crippen molar-refractivity contribution >= 4 is 11.9 Å². The molecule has 2 aromatic rings. The number of nitrogens with zero attached hydrogens (tertiary/aromatic N) is 1. The second-order valence-electron chi connectivity index (χ2n) is 6.78. The van der Waals surface area contributed by atoms with E-state index in [4.69, 9.17) is 9.47 Å². The summed E-state index contributed by atoms with van der Waals surface area (Å²) in [6, 6.07) is 18.1. The van der Waals surface area contributed by atoms with Gasteiger partial charge in [0.1, 0.15) is 12.4 Å². The van der Waals surface area contributed by atoms with Crippen LogP contribution < -0.4 is 4.74 Å².